The molecule has 0 saturated carbocycles. The maximum atomic E-state index is 11.5. The lowest BCUT2D eigenvalue weighted by Crippen LogP contribution is -2.20. The molecule has 0 spiro atoms. The van der Waals surface area contributed by atoms with Crippen LogP contribution >= 0.6 is 0 Å². The Labute approximate surface area is 106 Å². The minimum Gasteiger partial charge on any atom is -0.477 e. The quantitative estimate of drug-likeness (QED) is 0.876. The Balaban J connectivity index is 2.42. The summed E-state index contributed by atoms with van der Waals surface area (Å²) in [4.78, 5) is 11.5. The van der Waals surface area contributed by atoms with Crippen LogP contribution in [0.1, 0.15) is 61.3 Å². The first-order valence-corrected chi connectivity index (χ1v) is 6.22. The van der Waals surface area contributed by atoms with Crippen LogP contribution in [0, 0.1) is 0 Å². The second-order valence-electron chi connectivity index (χ2n) is 5.74. The van der Waals surface area contributed by atoms with E-state index in [1.54, 1.807) is 0 Å². The van der Waals surface area contributed by atoms with Gasteiger partial charge in [0.15, 0.2) is 5.76 Å². The summed E-state index contributed by atoms with van der Waals surface area (Å²) in [6.45, 7) is 7.02. The number of aromatic nitrogens is 1. The van der Waals surface area contributed by atoms with Gasteiger partial charge < -0.3 is 14.4 Å². The fourth-order valence-electron chi connectivity index (χ4n) is 2.26. The monoisotopic (exact) mass is 253 g/mol. The molecule has 1 fully saturated rings. The van der Waals surface area contributed by atoms with Crippen LogP contribution in [0.2, 0.25) is 0 Å². The SMILES string of the molecule is CC(C)(C)c1onc(C2CCCOC2)c1C(=O)O. The molecule has 1 atom stereocenters. The zero-order chi connectivity index (χ0) is 13.3. The summed E-state index contributed by atoms with van der Waals surface area (Å²) in [5.41, 5.74) is 0.388. The molecule has 0 radical (unpaired) electrons. The first kappa shape index (κ1) is 13.1. The zero-order valence-electron chi connectivity index (χ0n) is 11.0. The summed E-state index contributed by atoms with van der Waals surface area (Å²) in [5.74, 6) is -0.498. The van der Waals surface area contributed by atoms with Gasteiger partial charge in [0.25, 0.3) is 0 Å². The summed E-state index contributed by atoms with van der Waals surface area (Å²) in [6.07, 6.45) is 1.83. The van der Waals surface area contributed by atoms with Crippen LogP contribution in [-0.2, 0) is 10.2 Å². The van der Waals surface area contributed by atoms with Gasteiger partial charge in [-0.05, 0) is 12.8 Å². The van der Waals surface area contributed by atoms with Crippen molar-refractivity contribution >= 4 is 5.97 Å². The summed E-state index contributed by atoms with van der Waals surface area (Å²) < 4.78 is 10.7. The molecule has 0 aliphatic carbocycles. The zero-order valence-corrected chi connectivity index (χ0v) is 11.0. The lowest BCUT2D eigenvalue weighted by atomic mass is 9.87. The number of carboxylic acids is 1. The molecule has 18 heavy (non-hydrogen) atoms. The maximum absolute atomic E-state index is 11.5. The van der Waals surface area contributed by atoms with Crippen molar-refractivity contribution in [3.63, 3.8) is 0 Å². The van der Waals surface area contributed by atoms with E-state index >= 15 is 0 Å². The molecule has 1 unspecified atom stereocenters. The molecule has 2 rings (SSSR count). The van der Waals surface area contributed by atoms with Crippen molar-refractivity contribution < 1.29 is 19.2 Å². The molecule has 1 aromatic heterocycles. The van der Waals surface area contributed by atoms with Crippen molar-refractivity contribution in [3.05, 3.63) is 17.0 Å². The molecule has 5 nitrogen and oxygen atoms in total. The average molecular weight is 253 g/mol. The average Bonchev–Trinajstić information content (AvgIpc) is 2.74. The molecule has 1 aliphatic heterocycles. The van der Waals surface area contributed by atoms with Gasteiger partial charge >= 0.3 is 5.97 Å². The van der Waals surface area contributed by atoms with Crippen LogP contribution in [0.25, 0.3) is 0 Å². The van der Waals surface area contributed by atoms with Crippen LogP contribution in [0.3, 0.4) is 0 Å². The van der Waals surface area contributed by atoms with Crippen LogP contribution < -0.4 is 0 Å². The number of rotatable bonds is 2. The van der Waals surface area contributed by atoms with Gasteiger partial charge in [-0.2, -0.15) is 0 Å². The second kappa shape index (κ2) is 4.72. The minimum absolute atomic E-state index is 0.0321. The third-order valence-corrected chi connectivity index (χ3v) is 3.16. The van der Waals surface area contributed by atoms with Crippen molar-refractivity contribution in [2.24, 2.45) is 0 Å². The number of aromatic carboxylic acids is 1. The Morgan fingerprint density at radius 3 is 2.67 bits per heavy atom. The number of hydrogen-bond acceptors (Lipinski definition) is 4. The van der Waals surface area contributed by atoms with Crippen LogP contribution in [-0.4, -0.2) is 29.4 Å². The Bertz CT molecular complexity index is 438. The molecule has 100 valence electrons. The molecule has 2 heterocycles. The van der Waals surface area contributed by atoms with Gasteiger partial charge in [-0.1, -0.05) is 25.9 Å². The smallest absolute Gasteiger partial charge is 0.341 e. The highest BCUT2D eigenvalue weighted by atomic mass is 16.5. The largest absolute Gasteiger partial charge is 0.477 e. The summed E-state index contributed by atoms with van der Waals surface area (Å²) in [7, 11) is 0. The number of hydrogen-bond donors (Lipinski definition) is 1. The predicted molar refractivity (Wildman–Crippen MR) is 65.0 cm³/mol. The van der Waals surface area contributed by atoms with E-state index in [1.165, 1.54) is 0 Å². The fourth-order valence-corrected chi connectivity index (χ4v) is 2.26. The topological polar surface area (TPSA) is 72.6 Å². The fraction of sp³-hybridized carbons (Fsp3) is 0.692. The second-order valence-corrected chi connectivity index (χ2v) is 5.74. The molecular formula is C13H19NO4. The molecule has 1 N–H and O–H groups in total. The Morgan fingerprint density at radius 1 is 1.44 bits per heavy atom. The standard InChI is InChI=1S/C13H19NO4/c1-13(2,3)11-9(12(15)16)10(14-18-11)8-5-4-6-17-7-8/h8H,4-7H2,1-3H3,(H,15,16). The van der Waals surface area contributed by atoms with Crippen molar-refractivity contribution in [2.45, 2.75) is 44.9 Å². The van der Waals surface area contributed by atoms with Gasteiger partial charge in [-0.15, -0.1) is 0 Å². The molecule has 1 aromatic rings. The molecule has 0 amide bonds. The van der Waals surface area contributed by atoms with E-state index in [1.807, 2.05) is 20.8 Å². The summed E-state index contributed by atoms with van der Waals surface area (Å²) in [6, 6.07) is 0. The van der Waals surface area contributed by atoms with Gasteiger partial charge in [0.05, 0.1) is 6.61 Å². The van der Waals surface area contributed by atoms with E-state index in [0.717, 1.165) is 19.4 Å². The molecule has 1 aliphatic rings. The molecule has 0 aromatic carbocycles. The number of nitrogens with zero attached hydrogens (tertiary/aromatic N) is 1. The van der Waals surface area contributed by atoms with Crippen molar-refractivity contribution in [2.75, 3.05) is 13.2 Å². The first-order valence-electron chi connectivity index (χ1n) is 6.22. The summed E-state index contributed by atoms with van der Waals surface area (Å²) >= 11 is 0. The Hall–Kier alpha value is -1.36. The third kappa shape index (κ3) is 2.41. The van der Waals surface area contributed by atoms with Crippen LogP contribution in [0.4, 0.5) is 0 Å². The van der Waals surface area contributed by atoms with Gasteiger partial charge in [0.1, 0.15) is 11.3 Å². The molecular weight excluding hydrogens is 234 g/mol. The Morgan fingerprint density at radius 2 is 2.17 bits per heavy atom. The molecule has 1 saturated heterocycles. The molecule has 0 bridgehead atoms. The number of carboxylic acid groups (broad SMARTS) is 1. The van der Waals surface area contributed by atoms with Gasteiger partial charge in [0.2, 0.25) is 0 Å². The van der Waals surface area contributed by atoms with Gasteiger partial charge in [0, 0.05) is 17.9 Å². The van der Waals surface area contributed by atoms with E-state index in [2.05, 4.69) is 5.16 Å². The minimum atomic E-state index is -0.971. The normalized spacial score (nSPS) is 20.9. The first-order chi connectivity index (χ1) is 8.41. The van der Waals surface area contributed by atoms with E-state index in [0.29, 0.717) is 18.1 Å². The van der Waals surface area contributed by atoms with E-state index in [-0.39, 0.29) is 16.9 Å². The van der Waals surface area contributed by atoms with Crippen molar-refractivity contribution in [3.8, 4) is 0 Å². The highest BCUT2D eigenvalue weighted by Crippen LogP contribution is 2.34. The van der Waals surface area contributed by atoms with E-state index < -0.39 is 5.97 Å². The van der Waals surface area contributed by atoms with Gasteiger partial charge in [-0.25, -0.2) is 4.79 Å². The number of ether oxygens (including phenoxy) is 1. The molecule has 5 heteroatoms. The highest BCUT2D eigenvalue weighted by Gasteiger charge is 2.34. The van der Waals surface area contributed by atoms with Crippen molar-refractivity contribution in [1.82, 2.24) is 5.16 Å². The third-order valence-electron chi connectivity index (χ3n) is 3.16. The summed E-state index contributed by atoms with van der Waals surface area (Å²) in [5, 5.41) is 13.4. The van der Waals surface area contributed by atoms with Crippen LogP contribution in [0.15, 0.2) is 4.52 Å². The maximum Gasteiger partial charge on any atom is 0.341 e. The predicted octanol–water partition coefficient (Wildman–Crippen LogP) is 2.56. The lowest BCUT2D eigenvalue weighted by molar-refractivity contribution is 0.0676. The van der Waals surface area contributed by atoms with Crippen LogP contribution in [0.5, 0.6) is 0 Å². The Kier molecular flexibility index (Phi) is 3.43. The highest BCUT2D eigenvalue weighted by molar-refractivity contribution is 5.90. The van der Waals surface area contributed by atoms with Crippen molar-refractivity contribution in [1.29, 1.82) is 0 Å². The van der Waals surface area contributed by atoms with Gasteiger partial charge in [-0.3, -0.25) is 0 Å². The lowest BCUT2D eigenvalue weighted by Gasteiger charge is -2.21. The number of carbonyl (C=O) groups is 1. The van der Waals surface area contributed by atoms with E-state index in [9.17, 15) is 9.90 Å². The van der Waals surface area contributed by atoms with E-state index in [4.69, 9.17) is 9.26 Å².